The fourth-order valence-electron chi connectivity index (χ4n) is 4.11. The van der Waals surface area contributed by atoms with Gasteiger partial charge in [0.15, 0.2) is 5.69 Å². The molecule has 2 aromatic heterocycles. The van der Waals surface area contributed by atoms with Gasteiger partial charge in [0.2, 0.25) is 0 Å². The van der Waals surface area contributed by atoms with Gasteiger partial charge in [-0.3, -0.25) is 4.79 Å². The van der Waals surface area contributed by atoms with E-state index in [9.17, 15) is 4.79 Å². The number of aromatic nitrogens is 3. The molecule has 0 saturated carbocycles. The molecular formula is C25H32N6O. The van der Waals surface area contributed by atoms with Crippen molar-refractivity contribution < 1.29 is 4.79 Å². The number of carbonyl (C=O) groups excluding carboxylic acids is 1. The summed E-state index contributed by atoms with van der Waals surface area (Å²) in [6.07, 6.45) is 3.84. The Kier molecular flexibility index (Phi) is 6.85. The summed E-state index contributed by atoms with van der Waals surface area (Å²) in [5.41, 5.74) is 3.78. The molecule has 0 bridgehead atoms. The van der Waals surface area contributed by atoms with E-state index in [0.717, 1.165) is 49.7 Å². The van der Waals surface area contributed by atoms with Gasteiger partial charge in [0.25, 0.3) is 5.91 Å². The second-order valence-corrected chi connectivity index (χ2v) is 8.56. The first kappa shape index (κ1) is 22.0. The van der Waals surface area contributed by atoms with Crippen molar-refractivity contribution in [1.29, 1.82) is 0 Å². The average Bonchev–Trinajstić information content (AvgIpc) is 3.24. The maximum atomic E-state index is 13.2. The number of amides is 1. The largest absolute Gasteiger partial charge is 0.353 e. The van der Waals surface area contributed by atoms with E-state index in [0.29, 0.717) is 18.8 Å². The van der Waals surface area contributed by atoms with Gasteiger partial charge in [0.05, 0.1) is 5.69 Å². The molecule has 7 heteroatoms. The Morgan fingerprint density at radius 1 is 1.03 bits per heavy atom. The number of rotatable bonds is 7. The highest BCUT2D eigenvalue weighted by Crippen LogP contribution is 2.18. The second kappa shape index (κ2) is 9.96. The predicted molar refractivity (Wildman–Crippen MR) is 127 cm³/mol. The second-order valence-electron chi connectivity index (χ2n) is 8.56. The minimum absolute atomic E-state index is 0.00553. The van der Waals surface area contributed by atoms with E-state index >= 15 is 0 Å². The van der Waals surface area contributed by atoms with Crippen LogP contribution in [0.4, 0.5) is 5.82 Å². The standard InChI is InChI=1S/C25H32N6O/c1-4-8-22-17-23(27-31(22)21-9-6-5-7-10-21)25(32)30-15-13-29(14-16-30)24-12-11-20(18-26-24)19-28(2)3/h5-7,9-12,17-18H,4,8,13-16,19H2,1-3H3. The molecule has 7 nitrogen and oxygen atoms in total. The van der Waals surface area contributed by atoms with Crippen molar-refractivity contribution in [3.05, 3.63) is 71.7 Å². The molecule has 168 valence electrons. The molecule has 1 amide bonds. The highest BCUT2D eigenvalue weighted by Gasteiger charge is 2.25. The van der Waals surface area contributed by atoms with Crippen LogP contribution in [0.1, 0.15) is 35.1 Å². The van der Waals surface area contributed by atoms with Crippen LogP contribution < -0.4 is 4.90 Å². The molecule has 0 N–H and O–H groups in total. The molecule has 1 aliphatic rings. The van der Waals surface area contributed by atoms with Crippen LogP contribution in [0, 0.1) is 0 Å². The lowest BCUT2D eigenvalue weighted by atomic mass is 10.2. The lowest BCUT2D eigenvalue weighted by molar-refractivity contribution is 0.0740. The van der Waals surface area contributed by atoms with Gasteiger partial charge in [-0.25, -0.2) is 9.67 Å². The van der Waals surface area contributed by atoms with Crippen molar-refractivity contribution in [2.45, 2.75) is 26.3 Å². The van der Waals surface area contributed by atoms with Gasteiger partial charge in [0, 0.05) is 44.6 Å². The Bertz CT molecular complexity index is 1020. The quantitative estimate of drug-likeness (QED) is 0.574. The van der Waals surface area contributed by atoms with Gasteiger partial charge in [-0.05, 0) is 50.3 Å². The molecule has 4 rings (SSSR count). The van der Waals surface area contributed by atoms with Gasteiger partial charge in [-0.1, -0.05) is 37.6 Å². The van der Waals surface area contributed by atoms with Gasteiger partial charge in [-0.2, -0.15) is 5.10 Å². The molecule has 3 heterocycles. The van der Waals surface area contributed by atoms with Crippen molar-refractivity contribution in [2.24, 2.45) is 0 Å². The van der Waals surface area contributed by atoms with Crippen LogP contribution in [0.3, 0.4) is 0 Å². The number of benzene rings is 1. The Morgan fingerprint density at radius 2 is 1.78 bits per heavy atom. The van der Waals surface area contributed by atoms with Crippen LogP contribution >= 0.6 is 0 Å². The molecule has 0 unspecified atom stereocenters. The molecule has 3 aromatic rings. The maximum absolute atomic E-state index is 13.2. The Morgan fingerprint density at radius 3 is 2.41 bits per heavy atom. The van der Waals surface area contributed by atoms with Crippen molar-refractivity contribution in [3.8, 4) is 5.69 Å². The number of hydrogen-bond donors (Lipinski definition) is 0. The zero-order valence-corrected chi connectivity index (χ0v) is 19.2. The molecule has 0 spiro atoms. The van der Waals surface area contributed by atoms with Crippen LogP contribution in [0.25, 0.3) is 5.69 Å². The Labute approximate surface area is 190 Å². The van der Waals surface area contributed by atoms with Crippen LogP contribution in [0.2, 0.25) is 0 Å². The number of aryl methyl sites for hydroxylation is 1. The normalized spacial score (nSPS) is 14.2. The van der Waals surface area contributed by atoms with E-state index in [1.165, 1.54) is 5.56 Å². The first-order chi connectivity index (χ1) is 15.5. The zero-order valence-electron chi connectivity index (χ0n) is 19.2. The molecule has 0 radical (unpaired) electrons. The number of para-hydroxylation sites is 1. The number of pyridine rings is 1. The van der Waals surface area contributed by atoms with Crippen molar-refractivity contribution in [3.63, 3.8) is 0 Å². The molecule has 1 aromatic carbocycles. The molecule has 0 aliphatic carbocycles. The molecular weight excluding hydrogens is 400 g/mol. The first-order valence-corrected chi connectivity index (χ1v) is 11.3. The van der Waals surface area contributed by atoms with E-state index in [1.807, 2.05) is 52.2 Å². The summed E-state index contributed by atoms with van der Waals surface area (Å²) in [4.78, 5) is 24.1. The first-order valence-electron chi connectivity index (χ1n) is 11.3. The fourth-order valence-corrected chi connectivity index (χ4v) is 4.11. The lowest BCUT2D eigenvalue weighted by Gasteiger charge is -2.35. The van der Waals surface area contributed by atoms with E-state index in [2.05, 4.69) is 53.0 Å². The summed E-state index contributed by atoms with van der Waals surface area (Å²) >= 11 is 0. The Hall–Kier alpha value is -3.19. The Balaban J connectivity index is 1.42. The fraction of sp³-hybridized carbons (Fsp3) is 0.400. The van der Waals surface area contributed by atoms with Gasteiger partial charge < -0.3 is 14.7 Å². The molecule has 1 fully saturated rings. The number of piperazine rings is 1. The molecule has 32 heavy (non-hydrogen) atoms. The summed E-state index contributed by atoms with van der Waals surface area (Å²) in [5.74, 6) is 0.976. The van der Waals surface area contributed by atoms with Crippen LogP contribution in [-0.2, 0) is 13.0 Å². The third kappa shape index (κ3) is 4.99. The predicted octanol–water partition coefficient (Wildman–Crippen LogP) is 3.24. The third-order valence-electron chi connectivity index (χ3n) is 5.71. The van der Waals surface area contributed by atoms with E-state index in [-0.39, 0.29) is 5.91 Å². The van der Waals surface area contributed by atoms with Crippen LogP contribution in [0.5, 0.6) is 0 Å². The van der Waals surface area contributed by atoms with Crippen LogP contribution in [-0.4, -0.2) is 70.7 Å². The van der Waals surface area contributed by atoms with Gasteiger partial charge in [-0.15, -0.1) is 0 Å². The van der Waals surface area contributed by atoms with Crippen LogP contribution in [0.15, 0.2) is 54.7 Å². The number of nitrogens with zero attached hydrogens (tertiary/aromatic N) is 6. The van der Waals surface area contributed by atoms with Gasteiger partial charge in [0.1, 0.15) is 5.82 Å². The smallest absolute Gasteiger partial charge is 0.274 e. The molecule has 1 aliphatic heterocycles. The summed E-state index contributed by atoms with van der Waals surface area (Å²) < 4.78 is 1.91. The highest BCUT2D eigenvalue weighted by atomic mass is 16.2. The van der Waals surface area contributed by atoms with E-state index < -0.39 is 0 Å². The average molecular weight is 433 g/mol. The summed E-state index contributed by atoms with van der Waals surface area (Å²) in [6, 6.07) is 16.2. The number of hydrogen-bond acceptors (Lipinski definition) is 5. The minimum atomic E-state index is 0.00553. The topological polar surface area (TPSA) is 57.5 Å². The number of anilines is 1. The molecule has 1 saturated heterocycles. The lowest BCUT2D eigenvalue weighted by Crippen LogP contribution is -2.49. The monoisotopic (exact) mass is 432 g/mol. The summed E-state index contributed by atoms with van der Waals surface area (Å²) in [7, 11) is 4.11. The van der Waals surface area contributed by atoms with Gasteiger partial charge >= 0.3 is 0 Å². The molecule has 0 atom stereocenters. The maximum Gasteiger partial charge on any atom is 0.274 e. The SMILES string of the molecule is CCCc1cc(C(=O)N2CCN(c3ccc(CN(C)C)cn3)CC2)nn1-c1ccccc1. The minimum Gasteiger partial charge on any atom is -0.353 e. The van der Waals surface area contributed by atoms with Crippen molar-refractivity contribution >= 4 is 11.7 Å². The third-order valence-corrected chi connectivity index (χ3v) is 5.71. The van der Waals surface area contributed by atoms with Crippen molar-refractivity contribution in [1.82, 2.24) is 24.6 Å². The highest BCUT2D eigenvalue weighted by molar-refractivity contribution is 5.92. The summed E-state index contributed by atoms with van der Waals surface area (Å²) in [5, 5.41) is 4.68. The van der Waals surface area contributed by atoms with E-state index in [1.54, 1.807) is 0 Å². The zero-order chi connectivity index (χ0) is 22.5. The number of carbonyl (C=O) groups is 1. The van der Waals surface area contributed by atoms with Crippen molar-refractivity contribution in [2.75, 3.05) is 45.2 Å². The summed E-state index contributed by atoms with van der Waals surface area (Å²) in [6.45, 7) is 5.90. The van der Waals surface area contributed by atoms with E-state index in [4.69, 9.17) is 0 Å².